The number of amides is 1. The second-order valence-electron chi connectivity index (χ2n) is 6.62. The third kappa shape index (κ3) is 5.82. The number of rotatable bonds is 11. The average molecular weight is 407 g/mol. The first-order chi connectivity index (χ1) is 13.3. The maximum atomic E-state index is 12.8. The number of aromatic amines is 1. The van der Waals surface area contributed by atoms with E-state index in [1.165, 1.54) is 0 Å². The Morgan fingerprint density at radius 3 is 2.61 bits per heavy atom. The van der Waals surface area contributed by atoms with E-state index < -0.39 is 42.2 Å². The van der Waals surface area contributed by atoms with Crippen LogP contribution in [0.3, 0.4) is 0 Å². The Bertz CT molecular complexity index is 838. The highest BCUT2D eigenvalue weighted by Crippen LogP contribution is 2.20. The molecule has 1 unspecified atom stereocenters. The molecule has 0 spiro atoms. The second-order valence-corrected chi connectivity index (χ2v) is 7.61. The van der Waals surface area contributed by atoms with Gasteiger partial charge in [0.2, 0.25) is 5.91 Å². The number of nitrogens with one attached hydrogen (secondary N) is 2. The number of carboxylic acids is 1. The lowest BCUT2D eigenvalue weighted by Gasteiger charge is -2.22. The summed E-state index contributed by atoms with van der Waals surface area (Å²) in [6.45, 7) is 0. The van der Waals surface area contributed by atoms with E-state index in [1.807, 2.05) is 30.5 Å². The van der Waals surface area contributed by atoms with Gasteiger partial charge in [0.25, 0.3) is 0 Å². The van der Waals surface area contributed by atoms with Crippen molar-refractivity contribution in [2.45, 2.75) is 37.4 Å². The van der Waals surface area contributed by atoms with Crippen LogP contribution < -0.4 is 16.8 Å². The first kappa shape index (κ1) is 21.9. The van der Waals surface area contributed by atoms with Crippen molar-refractivity contribution >= 4 is 40.3 Å². The molecule has 1 amide bonds. The van der Waals surface area contributed by atoms with Crippen molar-refractivity contribution in [2.75, 3.05) is 12.0 Å². The number of carbonyl (C=O) groups is 3. The fraction of sp³-hybridized carbons (Fsp3) is 0.421. The highest BCUT2D eigenvalue weighted by molar-refractivity contribution is 7.98. The predicted octanol–water partition coefficient (Wildman–Crippen LogP) is 0.647. The lowest BCUT2D eigenvalue weighted by molar-refractivity contribution is -0.139. The molecule has 0 aliphatic carbocycles. The monoisotopic (exact) mass is 406 g/mol. The normalized spacial score (nSPS) is 14.4. The van der Waals surface area contributed by atoms with Crippen molar-refractivity contribution in [3.63, 3.8) is 0 Å². The fourth-order valence-electron chi connectivity index (χ4n) is 2.94. The molecule has 152 valence electrons. The Labute approximate surface area is 167 Å². The highest BCUT2D eigenvalue weighted by atomic mass is 32.2. The molecule has 0 aliphatic heterocycles. The molecule has 0 bridgehead atoms. The number of Topliss-reactive ketones (excluding diaryl/α,β-unsaturated/α-hetero) is 1. The number of hydrogen-bond acceptors (Lipinski definition) is 6. The van der Waals surface area contributed by atoms with Gasteiger partial charge >= 0.3 is 5.97 Å². The minimum atomic E-state index is -1.21. The molecular weight excluding hydrogens is 380 g/mol. The Kier molecular flexibility index (Phi) is 8.04. The SMILES string of the molecule is CSCC[C@@H](N)C(=O)NC(Cc1c[nH]c2ccccc12)C(=O)[C@H](N)CC(=O)O. The van der Waals surface area contributed by atoms with Gasteiger partial charge in [-0.3, -0.25) is 14.4 Å². The van der Waals surface area contributed by atoms with Gasteiger partial charge in [0.05, 0.1) is 24.5 Å². The van der Waals surface area contributed by atoms with Gasteiger partial charge in [-0.1, -0.05) is 18.2 Å². The Morgan fingerprint density at radius 2 is 1.93 bits per heavy atom. The zero-order valence-electron chi connectivity index (χ0n) is 15.7. The van der Waals surface area contributed by atoms with Gasteiger partial charge in [0, 0.05) is 23.5 Å². The molecule has 1 aromatic heterocycles. The van der Waals surface area contributed by atoms with E-state index in [9.17, 15) is 14.4 Å². The first-order valence-electron chi connectivity index (χ1n) is 8.94. The van der Waals surface area contributed by atoms with E-state index in [1.54, 1.807) is 18.0 Å². The molecule has 0 saturated carbocycles. The largest absolute Gasteiger partial charge is 0.481 e. The summed E-state index contributed by atoms with van der Waals surface area (Å²) in [5.74, 6) is -1.43. The molecule has 1 heterocycles. The first-order valence-corrected chi connectivity index (χ1v) is 10.3. The van der Waals surface area contributed by atoms with E-state index in [0.29, 0.717) is 12.2 Å². The number of aliphatic carboxylic acids is 1. The molecule has 28 heavy (non-hydrogen) atoms. The number of para-hydroxylation sites is 1. The summed E-state index contributed by atoms with van der Waals surface area (Å²) in [5.41, 5.74) is 13.4. The number of benzene rings is 1. The van der Waals surface area contributed by atoms with Crippen molar-refractivity contribution in [1.29, 1.82) is 0 Å². The predicted molar refractivity (Wildman–Crippen MR) is 110 cm³/mol. The standard InChI is InChI=1S/C19H26N4O4S/c1-28-7-6-13(20)19(27)23-16(18(26)14(21)9-17(24)25)8-11-10-22-15-5-3-2-4-12(11)15/h2-5,10,13-14,16,22H,6-9,20-21H2,1H3,(H,23,27)(H,24,25)/t13-,14-,16?/m1/s1. The van der Waals surface area contributed by atoms with Crippen molar-refractivity contribution in [2.24, 2.45) is 11.5 Å². The molecule has 7 N–H and O–H groups in total. The summed E-state index contributed by atoms with van der Waals surface area (Å²) in [4.78, 5) is 39.2. The van der Waals surface area contributed by atoms with E-state index >= 15 is 0 Å². The quantitative estimate of drug-likeness (QED) is 0.367. The summed E-state index contributed by atoms with van der Waals surface area (Å²) in [5, 5.41) is 12.5. The molecule has 8 nitrogen and oxygen atoms in total. The molecule has 0 aliphatic rings. The van der Waals surface area contributed by atoms with Crippen LogP contribution in [0.1, 0.15) is 18.4 Å². The third-order valence-corrected chi connectivity index (χ3v) is 5.13. The van der Waals surface area contributed by atoms with Crippen molar-refractivity contribution < 1.29 is 19.5 Å². The number of carboxylic acid groups (broad SMARTS) is 1. The number of carbonyl (C=O) groups excluding carboxylic acids is 2. The summed E-state index contributed by atoms with van der Waals surface area (Å²) >= 11 is 1.57. The third-order valence-electron chi connectivity index (χ3n) is 4.49. The van der Waals surface area contributed by atoms with Crippen LogP contribution >= 0.6 is 11.8 Å². The van der Waals surface area contributed by atoms with E-state index in [2.05, 4.69) is 10.3 Å². The molecule has 0 fully saturated rings. The Hall–Kier alpha value is -2.36. The number of thioether (sulfide) groups is 1. The van der Waals surface area contributed by atoms with Gasteiger partial charge in [-0.05, 0) is 30.1 Å². The van der Waals surface area contributed by atoms with Gasteiger partial charge < -0.3 is 26.9 Å². The number of fused-ring (bicyclic) bond motifs is 1. The smallest absolute Gasteiger partial charge is 0.305 e. The van der Waals surface area contributed by atoms with Crippen LogP contribution in [0.15, 0.2) is 30.5 Å². The van der Waals surface area contributed by atoms with Gasteiger partial charge in [-0.25, -0.2) is 0 Å². The molecule has 1 aromatic carbocycles. The van der Waals surface area contributed by atoms with Crippen LogP contribution in [0.4, 0.5) is 0 Å². The van der Waals surface area contributed by atoms with Crippen molar-refractivity contribution in [3.8, 4) is 0 Å². The maximum absolute atomic E-state index is 12.8. The number of hydrogen-bond donors (Lipinski definition) is 5. The van der Waals surface area contributed by atoms with Gasteiger partial charge in [0.1, 0.15) is 0 Å². The second kappa shape index (κ2) is 10.3. The summed E-state index contributed by atoms with van der Waals surface area (Å²) in [6.07, 6.45) is 3.85. The average Bonchev–Trinajstić information content (AvgIpc) is 3.07. The van der Waals surface area contributed by atoms with Crippen LogP contribution in [0.2, 0.25) is 0 Å². The van der Waals surface area contributed by atoms with Crippen LogP contribution in [-0.2, 0) is 20.8 Å². The number of ketones is 1. The molecule has 2 rings (SSSR count). The molecular formula is C19H26N4O4S. The zero-order chi connectivity index (χ0) is 20.7. The lowest BCUT2D eigenvalue weighted by Crippen LogP contribution is -2.53. The fourth-order valence-corrected chi connectivity index (χ4v) is 3.43. The van der Waals surface area contributed by atoms with E-state index in [4.69, 9.17) is 16.6 Å². The van der Waals surface area contributed by atoms with Gasteiger partial charge in [0.15, 0.2) is 5.78 Å². The highest BCUT2D eigenvalue weighted by Gasteiger charge is 2.29. The molecule has 2 aromatic rings. The Morgan fingerprint density at radius 1 is 1.21 bits per heavy atom. The Balaban J connectivity index is 2.21. The van der Waals surface area contributed by atoms with Gasteiger partial charge in [-0.15, -0.1) is 0 Å². The number of H-pyrrole nitrogens is 1. The minimum absolute atomic E-state index is 0.192. The topological polar surface area (TPSA) is 151 Å². The van der Waals surface area contributed by atoms with E-state index in [-0.39, 0.29) is 6.42 Å². The van der Waals surface area contributed by atoms with Crippen molar-refractivity contribution in [3.05, 3.63) is 36.0 Å². The van der Waals surface area contributed by atoms with Crippen molar-refractivity contribution in [1.82, 2.24) is 10.3 Å². The molecule has 3 atom stereocenters. The zero-order valence-corrected chi connectivity index (χ0v) is 16.5. The molecule has 0 saturated heterocycles. The van der Waals surface area contributed by atoms with Crippen LogP contribution in [0.25, 0.3) is 10.9 Å². The summed E-state index contributed by atoms with van der Waals surface area (Å²) < 4.78 is 0. The summed E-state index contributed by atoms with van der Waals surface area (Å²) in [7, 11) is 0. The van der Waals surface area contributed by atoms with Crippen LogP contribution in [0.5, 0.6) is 0 Å². The summed E-state index contributed by atoms with van der Waals surface area (Å²) in [6, 6.07) is 4.66. The lowest BCUT2D eigenvalue weighted by atomic mass is 9.96. The molecule has 9 heteroatoms. The van der Waals surface area contributed by atoms with Crippen LogP contribution in [0, 0.1) is 0 Å². The number of aromatic nitrogens is 1. The number of nitrogens with two attached hydrogens (primary N) is 2. The molecule has 0 radical (unpaired) electrons. The van der Waals surface area contributed by atoms with Gasteiger partial charge in [-0.2, -0.15) is 11.8 Å². The van der Waals surface area contributed by atoms with Crippen LogP contribution in [-0.4, -0.2) is 57.9 Å². The minimum Gasteiger partial charge on any atom is -0.481 e. The maximum Gasteiger partial charge on any atom is 0.305 e. The van der Waals surface area contributed by atoms with E-state index in [0.717, 1.165) is 16.5 Å².